The van der Waals surface area contributed by atoms with E-state index in [0.717, 1.165) is 11.3 Å². The Bertz CT molecular complexity index is 1110. The van der Waals surface area contributed by atoms with Crippen LogP contribution in [-0.4, -0.2) is 58.4 Å². The molecule has 0 spiro atoms. The van der Waals surface area contributed by atoms with Gasteiger partial charge >= 0.3 is 0 Å². The first kappa shape index (κ1) is 21.6. The van der Waals surface area contributed by atoms with Gasteiger partial charge in [-0.2, -0.15) is 5.10 Å². The number of carbonyl (C=O) groups is 2. The van der Waals surface area contributed by atoms with Crippen molar-refractivity contribution in [1.82, 2.24) is 25.1 Å². The Kier molecular flexibility index (Phi) is 6.27. The van der Waals surface area contributed by atoms with E-state index in [2.05, 4.69) is 20.4 Å². The lowest BCUT2D eigenvalue weighted by Crippen LogP contribution is -2.30. The van der Waals surface area contributed by atoms with Gasteiger partial charge in [0, 0.05) is 43.7 Å². The van der Waals surface area contributed by atoms with Crippen LogP contribution in [0, 0.1) is 0 Å². The number of anilines is 1. The Morgan fingerprint density at radius 1 is 1.22 bits per heavy atom. The summed E-state index contributed by atoms with van der Waals surface area (Å²) in [6.07, 6.45) is 3.30. The average molecular weight is 435 g/mol. The zero-order valence-corrected chi connectivity index (χ0v) is 18.4. The first-order valence-corrected chi connectivity index (χ1v) is 10.5. The maximum absolute atomic E-state index is 13.2. The number of nitrogens with one attached hydrogen (secondary N) is 1. The van der Waals surface area contributed by atoms with E-state index in [-0.39, 0.29) is 23.8 Å². The average Bonchev–Trinajstić information content (AvgIpc) is 3.44. The van der Waals surface area contributed by atoms with Gasteiger partial charge in [-0.05, 0) is 49.7 Å². The van der Waals surface area contributed by atoms with Crippen LogP contribution >= 0.6 is 0 Å². The summed E-state index contributed by atoms with van der Waals surface area (Å²) in [6, 6.07) is 10.8. The lowest BCUT2D eigenvalue weighted by Gasteiger charge is -2.17. The predicted molar refractivity (Wildman–Crippen MR) is 119 cm³/mol. The van der Waals surface area contributed by atoms with E-state index in [1.165, 1.54) is 0 Å². The molecule has 0 saturated heterocycles. The molecule has 9 heteroatoms. The summed E-state index contributed by atoms with van der Waals surface area (Å²) in [4.78, 5) is 36.2. The molecule has 0 saturated carbocycles. The number of ether oxygens (including phenoxy) is 1. The molecule has 1 aliphatic rings. The van der Waals surface area contributed by atoms with Crippen molar-refractivity contribution in [2.75, 3.05) is 31.7 Å². The van der Waals surface area contributed by atoms with Gasteiger partial charge in [0.15, 0.2) is 5.82 Å². The standard InChI is InChI=1S/C23H26N6O3/c1-15(2)29-14-26-21(27-29)18-13-28(23(31)19-6-4-5-9-24-19)20-8-7-16(12-17(18)20)22(30)25-10-11-32-3/h4-9,12,14-15,18H,10-11,13H2,1-3H3,(H,25,30)/t18-/m0/s1. The van der Waals surface area contributed by atoms with Gasteiger partial charge in [-0.1, -0.05) is 6.07 Å². The number of aromatic nitrogens is 4. The molecule has 0 fully saturated rings. The second-order valence-corrected chi connectivity index (χ2v) is 7.88. The van der Waals surface area contributed by atoms with Crippen molar-refractivity contribution < 1.29 is 14.3 Å². The highest BCUT2D eigenvalue weighted by Crippen LogP contribution is 2.40. The molecule has 0 bridgehead atoms. The maximum Gasteiger partial charge on any atom is 0.276 e. The third kappa shape index (κ3) is 4.24. The molecule has 9 nitrogen and oxygen atoms in total. The second kappa shape index (κ2) is 9.27. The van der Waals surface area contributed by atoms with Crippen molar-refractivity contribution >= 4 is 17.5 Å². The van der Waals surface area contributed by atoms with E-state index in [4.69, 9.17) is 4.74 Å². The van der Waals surface area contributed by atoms with E-state index in [1.807, 2.05) is 19.9 Å². The van der Waals surface area contributed by atoms with Crippen LogP contribution in [0.1, 0.15) is 58.0 Å². The topological polar surface area (TPSA) is 102 Å². The summed E-state index contributed by atoms with van der Waals surface area (Å²) in [5, 5.41) is 7.46. The number of hydrogen-bond acceptors (Lipinski definition) is 6. The largest absolute Gasteiger partial charge is 0.383 e. The molecule has 166 valence electrons. The van der Waals surface area contributed by atoms with Crippen LogP contribution in [0.2, 0.25) is 0 Å². The number of benzene rings is 1. The number of amides is 2. The number of rotatable bonds is 7. The number of fused-ring (bicyclic) bond motifs is 1. The molecule has 0 aliphatic carbocycles. The van der Waals surface area contributed by atoms with Gasteiger partial charge in [-0.15, -0.1) is 0 Å². The van der Waals surface area contributed by atoms with E-state index in [0.29, 0.717) is 36.8 Å². The number of methoxy groups -OCH3 is 1. The lowest BCUT2D eigenvalue weighted by molar-refractivity contribution is 0.0936. The molecule has 3 heterocycles. The van der Waals surface area contributed by atoms with Gasteiger partial charge in [0.25, 0.3) is 11.8 Å². The highest BCUT2D eigenvalue weighted by Gasteiger charge is 2.37. The van der Waals surface area contributed by atoms with Crippen molar-refractivity contribution in [1.29, 1.82) is 0 Å². The fourth-order valence-electron chi connectivity index (χ4n) is 3.71. The van der Waals surface area contributed by atoms with Crippen molar-refractivity contribution in [3.05, 3.63) is 71.6 Å². The van der Waals surface area contributed by atoms with Crippen molar-refractivity contribution in [3.63, 3.8) is 0 Å². The minimum Gasteiger partial charge on any atom is -0.383 e. The van der Waals surface area contributed by atoms with E-state index < -0.39 is 0 Å². The normalized spacial score (nSPS) is 15.1. The lowest BCUT2D eigenvalue weighted by atomic mass is 9.98. The van der Waals surface area contributed by atoms with Crippen molar-refractivity contribution in [2.45, 2.75) is 25.8 Å². The number of hydrogen-bond donors (Lipinski definition) is 1. The Morgan fingerprint density at radius 2 is 2.06 bits per heavy atom. The van der Waals surface area contributed by atoms with Gasteiger partial charge in [-0.25, -0.2) is 4.98 Å². The quantitative estimate of drug-likeness (QED) is 0.573. The van der Waals surface area contributed by atoms with E-state index >= 15 is 0 Å². The van der Waals surface area contributed by atoms with Crippen molar-refractivity contribution in [3.8, 4) is 0 Å². The fourth-order valence-corrected chi connectivity index (χ4v) is 3.71. The monoisotopic (exact) mass is 434 g/mol. The molecule has 2 aromatic heterocycles. The van der Waals surface area contributed by atoms with E-state index in [1.54, 1.807) is 59.5 Å². The minimum atomic E-state index is -0.246. The summed E-state index contributed by atoms with van der Waals surface area (Å²) in [6.45, 7) is 5.28. The minimum absolute atomic E-state index is 0.168. The highest BCUT2D eigenvalue weighted by molar-refractivity contribution is 6.07. The van der Waals surface area contributed by atoms with Crippen LogP contribution < -0.4 is 10.2 Å². The molecule has 0 radical (unpaired) electrons. The number of carbonyl (C=O) groups excluding carboxylic acids is 2. The van der Waals surface area contributed by atoms with Crippen LogP contribution in [0.5, 0.6) is 0 Å². The number of nitrogens with zero attached hydrogens (tertiary/aromatic N) is 5. The first-order valence-electron chi connectivity index (χ1n) is 10.5. The molecule has 0 unspecified atom stereocenters. The van der Waals surface area contributed by atoms with Gasteiger partial charge in [0.2, 0.25) is 0 Å². The van der Waals surface area contributed by atoms with Gasteiger partial charge < -0.3 is 15.0 Å². The summed E-state index contributed by atoms with van der Waals surface area (Å²) < 4.78 is 6.79. The van der Waals surface area contributed by atoms with Gasteiger partial charge in [-0.3, -0.25) is 19.3 Å². The van der Waals surface area contributed by atoms with Crippen molar-refractivity contribution in [2.24, 2.45) is 0 Å². The van der Waals surface area contributed by atoms with E-state index in [9.17, 15) is 9.59 Å². The molecular weight excluding hydrogens is 408 g/mol. The SMILES string of the molecule is COCCNC(=O)c1ccc2c(c1)[C@@H](c1ncn(C(C)C)n1)CN2C(=O)c1ccccn1. The predicted octanol–water partition coefficient (Wildman–Crippen LogP) is 2.42. The Morgan fingerprint density at radius 3 is 2.75 bits per heavy atom. The van der Waals surface area contributed by atoms with Crippen LogP contribution in [0.3, 0.4) is 0 Å². The molecule has 3 aromatic rings. The molecule has 1 atom stereocenters. The molecule has 32 heavy (non-hydrogen) atoms. The number of pyridine rings is 1. The van der Waals surface area contributed by atoms with Crippen LogP contribution in [0.25, 0.3) is 0 Å². The summed E-state index contributed by atoms with van der Waals surface area (Å²) in [7, 11) is 1.59. The van der Waals surface area contributed by atoms with Gasteiger partial charge in [0.05, 0.1) is 12.5 Å². The fraction of sp³-hybridized carbons (Fsp3) is 0.348. The van der Waals surface area contributed by atoms with Crippen LogP contribution in [0.15, 0.2) is 48.9 Å². The second-order valence-electron chi connectivity index (χ2n) is 7.88. The molecule has 4 rings (SSSR count). The molecule has 1 N–H and O–H groups in total. The first-order chi connectivity index (χ1) is 15.5. The summed E-state index contributed by atoms with van der Waals surface area (Å²) in [5.41, 5.74) is 2.46. The smallest absolute Gasteiger partial charge is 0.276 e. The van der Waals surface area contributed by atoms with Crippen LogP contribution in [-0.2, 0) is 4.74 Å². The Balaban J connectivity index is 1.70. The van der Waals surface area contributed by atoms with Crippen LogP contribution in [0.4, 0.5) is 5.69 Å². The summed E-state index contributed by atoms with van der Waals surface area (Å²) in [5.74, 6) is -0.0219. The Labute approximate surface area is 186 Å². The van der Waals surface area contributed by atoms with Gasteiger partial charge in [0.1, 0.15) is 12.0 Å². The third-order valence-electron chi connectivity index (χ3n) is 5.41. The Hall–Kier alpha value is -3.59. The molecular formula is C23H26N6O3. The zero-order chi connectivity index (χ0) is 22.7. The summed E-state index contributed by atoms with van der Waals surface area (Å²) >= 11 is 0. The highest BCUT2D eigenvalue weighted by atomic mass is 16.5. The molecule has 1 aliphatic heterocycles. The zero-order valence-electron chi connectivity index (χ0n) is 18.4. The molecule has 2 amide bonds. The molecule has 1 aromatic carbocycles. The maximum atomic E-state index is 13.2. The third-order valence-corrected chi connectivity index (χ3v) is 5.41.